The smallest absolute Gasteiger partial charge is 0.253 e. The number of fused-ring (bicyclic) bond motifs is 2. The van der Waals surface area contributed by atoms with Crippen molar-refractivity contribution in [1.29, 1.82) is 0 Å². The lowest BCUT2D eigenvalue weighted by Gasteiger charge is -2.41. The molecule has 0 radical (unpaired) electrons. The minimum Gasteiger partial charge on any atom is -0.507 e. The van der Waals surface area contributed by atoms with Gasteiger partial charge in [-0.25, -0.2) is 0 Å². The maximum atomic E-state index is 14.1. The van der Waals surface area contributed by atoms with Gasteiger partial charge in [0.2, 0.25) is 11.8 Å². The van der Waals surface area contributed by atoms with Crippen LogP contribution < -0.4 is 10.6 Å². The van der Waals surface area contributed by atoms with Gasteiger partial charge in [-0.2, -0.15) is 0 Å². The second kappa shape index (κ2) is 11.5. The Kier molecular flexibility index (Phi) is 7.86. The number of benzene rings is 2. The van der Waals surface area contributed by atoms with Gasteiger partial charge in [-0.1, -0.05) is 35.5 Å². The topological polar surface area (TPSA) is 129 Å². The van der Waals surface area contributed by atoms with Gasteiger partial charge in [-0.3, -0.25) is 19.1 Å². The van der Waals surface area contributed by atoms with Crippen LogP contribution in [0.4, 0.5) is 0 Å². The Morgan fingerprint density at radius 2 is 1.77 bits per heavy atom. The van der Waals surface area contributed by atoms with E-state index in [2.05, 4.69) is 20.9 Å². The highest BCUT2D eigenvalue weighted by atomic mass is 16.3. The minimum absolute atomic E-state index is 0.127. The van der Waals surface area contributed by atoms with Gasteiger partial charge in [-0.15, -0.1) is 5.10 Å². The van der Waals surface area contributed by atoms with E-state index < -0.39 is 11.5 Å². The summed E-state index contributed by atoms with van der Waals surface area (Å²) in [5.41, 5.74) is 2.66. The average molecular weight is 545 g/mol. The second-order valence-corrected chi connectivity index (χ2v) is 11.0. The van der Waals surface area contributed by atoms with E-state index in [4.69, 9.17) is 0 Å². The number of nitrogens with one attached hydrogen (secondary N) is 2. The van der Waals surface area contributed by atoms with Gasteiger partial charge in [0.1, 0.15) is 11.8 Å². The highest BCUT2D eigenvalue weighted by molar-refractivity contribution is 5.95. The number of hydrogen-bond acceptors (Lipinski definition) is 6. The van der Waals surface area contributed by atoms with Crippen molar-refractivity contribution in [3.05, 3.63) is 76.6 Å². The molecular formula is C30H36N6O4. The van der Waals surface area contributed by atoms with Gasteiger partial charge < -0.3 is 20.6 Å². The van der Waals surface area contributed by atoms with Crippen molar-refractivity contribution in [2.24, 2.45) is 5.41 Å². The summed E-state index contributed by atoms with van der Waals surface area (Å²) >= 11 is 0. The van der Waals surface area contributed by atoms with E-state index in [0.717, 1.165) is 11.3 Å². The van der Waals surface area contributed by atoms with Crippen LogP contribution in [0.15, 0.2) is 48.7 Å². The van der Waals surface area contributed by atoms with Crippen molar-refractivity contribution in [2.75, 3.05) is 19.6 Å². The summed E-state index contributed by atoms with van der Waals surface area (Å²) in [4.78, 5) is 42.4. The molecule has 2 bridgehead atoms. The molecule has 0 aliphatic carbocycles. The van der Waals surface area contributed by atoms with Gasteiger partial charge in [0.15, 0.2) is 0 Å². The van der Waals surface area contributed by atoms with Gasteiger partial charge in [0.25, 0.3) is 5.91 Å². The number of rotatable bonds is 3. The van der Waals surface area contributed by atoms with Crippen LogP contribution >= 0.6 is 0 Å². The molecule has 10 nitrogen and oxygen atoms in total. The molecule has 1 aromatic heterocycles. The second-order valence-electron chi connectivity index (χ2n) is 11.0. The maximum absolute atomic E-state index is 14.1. The fourth-order valence-electron chi connectivity index (χ4n) is 5.71. The molecule has 1 spiro atoms. The van der Waals surface area contributed by atoms with E-state index in [9.17, 15) is 19.5 Å². The van der Waals surface area contributed by atoms with E-state index in [1.54, 1.807) is 35.6 Å². The van der Waals surface area contributed by atoms with Crippen LogP contribution in [0, 0.1) is 19.3 Å². The molecule has 1 fully saturated rings. The summed E-state index contributed by atoms with van der Waals surface area (Å²) in [6, 6.07) is 12.3. The van der Waals surface area contributed by atoms with Gasteiger partial charge in [0.05, 0.1) is 11.1 Å². The SMILES string of the molecule is Cc1cc(C(=O)N2CCC3(CC2)Cc2cn(nn2)CCCNC(=O)[C@H](Cc2ccccc2)NC3=O)cc(C)c1O. The fraction of sp³-hybridized carbons (Fsp3) is 0.433. The Bertz CT molecular complexity index is 1370. The number of piperidine rings is 1. The van der Waals surface area contributed by atoms with Crippen molar-refractivity contribution >= 4 is 17.7 Å². The predicted octanol–water partition coefficient (Wildman–Crippen LogP) is 2.31. The first-order chi connectivity index (χ1) is 19.2. The van der Waals surface area contributed by atoms with Crippen molar-refractivity contribution in [2.45, 2.75) is 58.5 Å². The Hall–Kier alpha value is -4.21. The number of carbonyl (C=O) groups is 3. The predicted molar refractivity (Wildman–Crippen MR) is 149 cm³/mol. The summed E-state index contributed by atoms with van der Waals surface area (Å²) in [5, 5.41) is 24.7. The van der Waals surface area contributed by atoms with Crippen LogP contribution in [0.2, 0.25) is 0 Å². The largest absolute Gasteiger partial charge is 0.507 e. The first kappa shape index (κ1) is 27.4. The molecule has 0 unspecified atom stereocenters. The molecule has 210 valence electrons. The van der Waals surface area contributed by atoms with E-state index in [0.29, 0.717) is 75.0 Å². The third kappa shape index (κ3) is 5.85. The third-order valence-electron chi connectivity index (χ3n) is 8.10. The van der Waals surface area contributed by atoms with E-state index >= 15 is 0 Å². The summed E-state index contributed by atoms with van der Waals surface area (Å²) < 4.78 is 1.75. The summed E-state index contributed by atoms with van der Waals surface area (Å²) in [6.07, 6.45) is 4.17. The van der Waals surface area contributed by atoms with E-state index in [1.807, 2.05) is 36.5 Å². The Labute approximate surface area is 233 Å². The molecule has 40 heavy (non-hydrogen) atoms. The minimum atomic E-state index is -0.846. The number of aryl methyl sites for hydroxylation is 3. The number of carbonyl (C=O) groups excluding carboxylic acids is 3. The molecule has 3 amide bonds. The standard InChI is InChI=1S/C30H36N6O4/c1-20-15-23(16-21(2)26(20)37)28(39)35-13-9-30(10-14-35)18-24-19-36(34-33-24)12-6-11-31-27(38)25(32-29(30)40)17-22-7-4-3-5-8-22/h3-5,7-8,15-16,19,25,37H,6,9-14,17-18H2,1-2H3,(H,31,38)(H,32,40)/t25-/m0/s1. The molecule has 2 aliphatic heterocycles. The Balaban J connectivity index is 1.39. The number of phenols is 1. The lowest BCUT2D eigenvalue weighted by Crippen LogP contribution is -2.56. The summed E-state index contributed by atoms with van der Waals surface area (Å²) in [6.45, 7) is 5.39. The first-order valence-electron chi connectivity index (χ1n) is 13.9. The number of nitrogens with zero attached hydrogens (tertiary/aromatic N) is 4. The number of aromatic nitrogens is 3. The number of aromatic hydroxyl groups is 1. The molecule has 1 atom stereocenters. The molecule has 5 rings (SSSR count). The van der Waals surface area contributed by atoms with Crippen LogP contribution in [0.1, 0.15) is 52.0 Å². The van der Waals surface area contributed by atoms with Crippen LogP contribution in [-0.2, 0) is 29.0 Å². The van der Waals surface area contributed by atoms with Crippen LogP contribution in [0.5, 0.6) is 5.75 Å². The molecule has 3 N–H and O–H groups in total. The third-order valence-corrected chi connectivity index (χ3v) is 8.10. The number of hydrogen-bond donors (Lipinski definition) is 3. The van der Waals surface area contributed by atoms with Crippen molar-refractivity contribution in [3.8, 4) is 5.75 Å². The monoisotopic (exact) mass is 544 g/mol. The number of amides is 3. The lowest BCUT2D eigenvalue weighted by molar-refractivity contribution is -0.137. The Morgan fingerprint density at radius 1 is 1.07 bits per heavy atom. The highest BCUT2D eigenvalue weighted by Crippen LogP contribution is 2.36. The molecule has 2 aromatic carbocycles. The molecule has 3 heterocycles. The summed E-state index contributed by atoms with van der Waals surface area (Å²) in [5.74, 6) is -0.355. The van der Waals surface area contributed by atoms with Crippen molar-refractivity contribution in [3.63, 3.8) is 0 Å². The maximum Gasteiger partial charge on any atom is 0.253 e. The lowest BCUT2D eigenvalue weighted by atomic mass is 9.73. The summed E-state index contributed by atoms with van der Waals surface area (Å²) in [7, 11) is 0. The zero-order chi connectivity index (χ0) is 28.3. The zero-order valence-corrected chi connectivity index (χ0v) is 23.0. The highest BCUT2D eigenvalue weighted by Gasteiger charge is 2.44. The average Bonchev–Trinajstić information content (AvgIpc) is 3.40. The zero-order valence-electron chi connectivity index (χ0n) is 23.0. The van der Waals surface area contributed by atoms with E-state index in [1.165, 1.54) is 0 Å². The quantitative estimate of drug-likeness (QED) is 0.464. The molecule has 1 saturated heterocycles. The molecule has 10 heteroatoms. The van der Waals surface area contributed by atoms with Gasteiger partial charge in [0, 0.05) is 50.8 Å². The van der Waals surface area contributed by atoms with Crippen LogP contribution in [0.25, 0.3) is 0 Å². The molecule has 3 aromatic rings. The first-order valence-corrected chi connectivity index (χ1v) is 13.9. The number of likely N-dealkylation sites (tertiary alicyclic amines) is 1. The van der Waals surface area contributed by atoms with Crippen LogP contribution in [0.3, 0.4) is 0 Å². The van der Waals surface area contributed by atoms with Crippen molar-refractivity contribution < 1.29 is 19.5 Å². The normalized spacial score (nSPS) is 19.6. The fourth-order valence-corrected chi connectivity index (χ4v) is 5.71. The molecule has 2 aliphatic rings. The van der Waals surface area contributed by atoms with Gasteiger partial charge in [-0.05, 0) is 61.9 Å². The Morgan fingerprint density at radius 3 is 2.48 bits per heavy atom. The van der Waals surface area contributed by atoms with Crippen LogP contribution in [-0.4, -0.2) is 68.4 Å². The van der Waals surface area contributed by atoms with Crippen molar-refractivity contribution in [1.82, 2.24) is 30.5 Å². The number of phenolic OH excluding ortho intramolecular Hbond substituents is 1. The van der Waals surface area contributed by atoms with E-state index in [-0.39, 0.29) is 23.5 Å². The molecular weight excluding hydrogens is 508 g/mol. The van der Waals surface area contributed by atoms with Gasteiger partial charge >= 0.3 is 0 Å². The molecule has 0 saturated carbocycles.